The number of benzene rings is 2. The molecule has 3 aromatic rings. The summed E-state index contributed by atoms with van der Waals surface area (Å²) >= 11 is 0. The molecule has 0 aliphatic heterocycles. The number of carbonyl (C=O) groups is 1. The van der Waals surface area contributed by atoms with Crippen LogP contribution in [0.4, 0.5) is 0 Å². The van der Waals surface area contributed by atoms with Crippen LogP contribution < -0.4 is 15.6 Å². The van der Waals surface area contributed by atoms with Crippen molar-refractivity contribution >= 4 is 16.7 Å². The number of amides is 1. The van der Waals surface area contributed by atoms with Crippen molar-refractivity contribution in [2.45, 2.75) is 51.5 Å². The molecule has 1 amide bonds. The number of carbonyl (C=O) groups excluding carboxylic acids is 1. The lowest BCUT2D eigenvalue weighted by molar-refractivity contribution is 0.0928. The molecule has 0 bridgehead atoms. The second kappa shape index (κ2) is 9.11. The van der Waals surface area contributed by atoms with Gasteiger partial charge in [0.15, 0.2) is 5.69 Å². The fraction of sp³-hybridized carbons (Fsp3) is 0.375. The van der Waals surface area contributed by atoms with Crippen LogP contribution >= 0.6 is 0 Å². The zero-order valence-electron chi connectivity index (χ0n) is 17.3. The monoisotopic (exact) mass is 405 g/mol. The summed E-state index contributed by atoms with van der Waals surface area (Å²) in [5, 5.41) is 8.70. The van der Waals surface area contributed by atoms with Gasteiger partial charge in [-0.05, 0) is 50.1 Å². The first-order valence-electron chi connectivity index (χ1n) is 10.7. The van der Waals surface area contributed by atoms with Gasteiger partial charge < -0.3 is 10.1 Å². The van der Waals surface area contributed by atoms with Crippen LogP contribution in [-0.4, -0.2) is 28.3 Å². The number of aromatic nitrogens is 2. The van der Waals surface area contributed by atoms with Gasteiger partial charge in [-0.15, -0.1) is 0 Å². The molecular weight excluding hydrogens is 378 g/mol. The van der Waals surface area contributed by atoms with Crippen LogP contribution in [0.1, 0.15) is 55.9 Å². The molecule has 4 rings (SSSR count). The van der Waals surface area contributed by atoms with Crippen molar-refractivity contribution in [3.05, 3.63) is 64.6 Å². The first kappa shape index (κ1) is 20.1. The fourth-order valence-corrected chi connectivity index (χ4v) is 4.06. The maximum absolute atomic E-state index is 13.2. The van der Waals surface area contributed by atoms with E-state index in [1.807, 2.05) is 13.0 Å². The Morgan fingerprint density at radius 2 is 1.70 bits per heavy atom. The highest BCUT2D eigenvalue weighted by atomic mass is 16.5. The minimum atomic E-state index is -0.249. The van der Waals surface area contributed by atoms with E-state index in [1.165, 1.54) is 17.5 Å². The van der Waals surface area contributed by atoms with Gasteiger partial charge in [0.2, 0.25) is 0 Å². The summed E-state index contributed by atoms with van der Waals surface area (Å²) in [5.74, 6) is 0.499. The first-order valence-corrected chi connectivity index (χ1v) is 10.7. The van der Waals surface area contributed by atoms with Gasteiger partial charge in [0.05, 0.1) is 17.7 Å². The van der Waals surface area contributed by atoms with Crippen LogP contribution in [-0.2, 0) is 0 Å². The van der Waals surface area contributed by atoms with Crippen molar-refractivity contribution in [1.82, 2.24) is 15.1 Å². The number of hydrogen-bond donors (Lipinski definition) is 1. The summed E-state index contributed by atoms with van der Waals surface area (Å²) in [6, 6.07) is 14.5. The molecule has 1 aliphatic carbocycles. The summed E-state index contributed by atoms with van der Waals surface area (Å²) in [6.45, 7) is 2.49. The van der Waals surface area contributed by atoms with Crippen LogP contribution in [0.2, 0.25) is 0 Å². The summed E-state index contributed by atoms with van der Waals surface area (Å²) in [4.78, 5) is 26.3. The van der Waals surface area contributed by atoms with Crippen LogP contribution in [0, 0.1) is 0 Å². The molecule has 0 spiro atoms. The van der Waals surface area contributed by atoms with Gasteiger partial charge in [0.25, 0.3) is 11.5 Å². The van der Waals surface area contributed by atoms with Crippen molar-refractivity contribution in [3.8, 4) is 11.4 Å². The maximum Gasteiger partial charge on any atom is 0.279 e. The van der Waals surface area contributed by atoms with Gasteiger partial charge in [-0.25, -0.2) is 0 Å². The predicted octanol–water partition coefficient (Wildman–Crippen LogP) is 4.24. The first-order chi connectivity index (χ1) is 14.7. The number of ether oxygens (including phenoxy) is 1. The highest BCUT2D eigenvalue weighted by Crippen LogP contribution is 2.20. The Hall–Kier alpha value is -3.15. The second-order valence-electron chi connectivity index (χ2n) is 7.70. The van der Waals surface area contributed by atoms with Crippen molar-refractivity contribution in [2.24, 2.45) is 0 Å². The van der Waals surface area contributed by atoms with Gasteiger partial charge in [0, 0.05) is 11.4 Å². The van der Waals surface area contributed by atoms with Gasteiger partial charge in [-0.1, -0.05) is 43.9 Å². The molecule has 2 aromatic carbocycles. The van der Waals surface area contributed by atoms with E-state index in [1.54, 1.807) is 42.5 Å². The minimum absolute atomic E-state index is 0.159. The summed E-state index contributed by atoms with van der Waals surface area (Å²) in [5.41, 5.74) is 0.627. The average Bonchev–Trinajstić information content (AvgIpc) is 3.04. The van der Waals surface area contributed by atoms with E-state index in [-0.39, 0.29) is 23.2 Å². The van der Waals surface area contributed by atoms with E-state index in [4.69, 9.17) is 4.74 Å². The average molecular weight is 405 g/mol. The molecule has 1 fully saturated rings. The highest BCUT2D eigenvalue weighted by molar-refractivity contribution is 6.05. The Kier molecular flexibility index (Phi) is 6.12. The zero-order valence-corrected chi connectivity index (χ0v) is 17.3. The molecule has 0 atom stereocenters. The highest BCUT2D eigenvalue weighted by Gasteiger charge is 2.21. The van der Waals surface area contributed by atoms with Gasteiger partial charge in [-0.2, -0.15) is 9.78 Å². The van der Waals surface area contributed by atoms with E-state index in [9.17, 15) is 9.59 Å². The number of fused-ring (bicyclic) bond motifs is 1. The lowest BCUT2D eigenvalue weighted by atomic mass is 10.1. The molecule has 6 heteroatoms. The second-order valence-corrected chi connectivity index (χ2v) is 7.70. The molecule has 1 aromatic heterocycles. The normalized spacial score (nSPS) is 15.0. The minimum Gasteiger partial charge on any atom is -0.494 e. The van der Waals surface area contributed by atoms with Gasteiger partial charge in [0.1, 0.15) is 5.75 Å². The molecule has 0 saturated heterocycles. The van der Waals surface area contributed by atoms with Crippen LogP contribution in [0.3, 0.4) is 0 Å². The topological polar surface area (TPSA) is 73.2 Å². The summed E-state index contributed by atoms with van der Waals surface area (Å²) < 4.78 is 6.79. The van der Waals surface area contributed by atoms with Crippen LogP contribution in [0.25, 0.3) is 16.5 Å². The quantitative estimate of drug-likeness (QED) is 0.645. The maximum atomic E-state index is 13.2. The van der Waals surface area contributed by atoms with Crippen molar-refractivity contribution in [3.63, 3.8) is 0 Å². The van der Waals surface area contributed by atoms with E-state index in [0.717, 1.165) is 31.4 Å². The molecule has 30 heavy (non-hydrogen) atoms. The molecule has 6 nitrogen and oxygen atoms in total. The molecule has 1 aliphatic rings. The Morgan fingerprint density at radius 1 is 1.03 bits per heavy atom. The smallest absolute Gasteiger partial charge is 0.279 e. The van der Waals surface area contributed by atoms with Crippen molar-refractivity contribution in [1.29, 1.82) is 0 Å². The summed E-state index contributed by atoms with van der Waals surface area (Å²) in [6.07, 6.45) is 6.67. The SMILES string of the molecule is CCOc1ccc(-n2nc(C(=O)NC3CCCCCC3)c3ccccc3c2=O)cc1. The standard InChI is InChI=1S/C24H27N3O3/c1-2-30-19-15-13-18(14-16-19)27-24(29)21-12-8-7-11-20(21)22(26-27)23(28)25-17-9-5-3-4-6-10-17/h7-8,11-17H,2-6,9-10H2,1H3,(H,25,28). The van der Waals surface area contributed by atoms with E-state index < -0.39 is 0 Å². The molecular formula is C24H27N3O3. The number of nitrogens with one attached hydrogen (secondary N) is 1. The van der Waals surface area contributed by atoms with E-state index in [0.29, 0.717) is 23.1 Å². The molecule has 1 N–H and O–H groups in total. The molecule has 1 saturated carbocycles. The largest absolute Gasteiger partial charge is 0.494 e. The Bertz CT molecular complexity index is 1080. The number of hydrogen-bond acceptors (Lipinski definition) is 4. The lowest BCUT2D eigenvalue weighted by Crippen LogP contribution is -2.36. The number of nitrogens with zero attached hydrogens (tertiary/aromatic N) is 2. The molecule has 1 heterocycles. The predicted molar refractivity (Wildman–Crippen MR) is 117 cm³/mol. The third kappa shape index (κ3) is 4.22. The molecule has 0 unspecified atom stereocenters. The molecule has 156 valence electrons. The van der Waals surface area contributed by atoms with Crippen molar-refractivity contribution in [2.75, 3.05) is 6.61 Å². The zero-order chi connectivity index (χ0) is 20.9. The van der Waals surface area contributed by atoms with E-state index >= 15 is 0 Å². The Labute approximate surface area is 175 Å². The fourth-order valence-electron chi connectivity index (χ4n) is 4.06. The third-order valence-corrected chi connectivity index (χ3v) is 5.60. The Balaban J connectivity index is 1.74. The number of rotatable bonds is 5. The molecule has 0 radical (unpaired) electrons. The third-order valence-electron chi connectivity index (χ3n) is 5.60. The van der Waals surface area contributed by atoms with Crippen molar-refractivity contribution < 1.29 is 9.53 Å². The Morgan fingerprint density at radius 3 is 2.37 bits per heavy atom. The lowest BCUT2D eigenvalue weighted by Gasteiger charge is -2.17. The van der Waals surface area contributed by atoms with Crippen LogP contribution in [0.15, 0.2) is 53.3 Å². The van der Waals surface area contributed by atoms with E-state index in [2.05, 4.69) is 10.4 Å². The van der Waals surface area contributed by atoms with Gasteiger partial charge >= 0.3 is 0 Å². The summed E-state index contributed by atoms with van der Waals surface area (Å²) in [7, 11) is 0. The van der Waals surface area contributed by atoms with Crippen LogP contribution in [0.5, 0.6) is 5.75 Å². The van der Waals surface area contributed by atoms with Gasteiger partial charge in [-0.3, -0.25) is 9.59 Å².